The first-order chi connectivity index (χ1) is 6.30. The molecule has 2 aliphatic rings. The Kier molecular flexibility index (Phi) is 1.27. The highest BCUT2D eigenvalue weighted by Crippen LogP contribution is 2.68. The van der Waals surface area contributed by atoms with E-state index in [1.807, 2.05) is 0 Å². The predicted molar refractivity (Wildman–Crippen MR) is 44.1 cm³/mol. The second-order valence-corrected chi connectivity index (χ2v) is 4.09. The minimum absolute atomic E-state index is 0.179. The molecule has 1 aromatic heterocycles. The SMILES string of the molecule is F[C@@H]1CC2(COc3cc[nH]n3)C[C@H]12. The highest BCUT2D eigenvalue weighted by atomic mass is 19.1. The van der Waals surface area contributed by atoms with Gasteiger partial charge in [0.1, 0.15) is 6.17 Å². The van der Waals surface area contributed by atoms with Crippen LogP contribution in [-0.2, 0) is 0 Å². The molecule has 1 aromatic rings. The third kappa shape index (κ3) is 0.975. The van der Waals surface area contributed by atoms with Crippen molar-refractivity contribution in [2.75, 3.05) is 6.61 Å². The summed E-state index contributed by atoms with van der Waals surface area (Å²) < 4.78 is 18.2. The topological polar surface area (TPSA) is 37.9 Å². The first-order valence-corrected chi connectivity index (χ1v) is 4.57. The molecule has 0 bridgehead atoms. The molecule has 0 radical (unpaired) electrons. The van der Waals surface area contributed by atoms with E-state index >= 15 is 0 Å². The van der Waals surface area contributed by atoms with Crippen LogP contribution in [0.4, 0.5) is 4.39 Å². The molecule has 3 nitrogen and oxygen atoms in total. The third-order valence-corrected chi connectivity index (χ3v) is 3.27. The van der Waals surface area contributed by atoms with Gasteiger partial charge >= 0.3 is 0 Å². The van der Waals surface area contributed by atoms with Gasteiger partial charge in [-0.05, 0) is 18.8 Å². The number of nitrogens with zero attached hydrogens (tertiary/aromatic N) is 1. The third-order valence-electron chi connectivity index (χ3n) is 3.27. The second kappa shape index (κ2) is 2.25. The van der Waals surface area contributed by atoms with E-state index in [4.69, 9.17) is 4.74 Å². The zero-order valence-corrected chi connectivity index (χ0v) is 7.16. The molecule has 2 aliphatic carbocycles. The van der Waals surface area contributed by atoms with Crippen LogP contribution in [0, 0.1) is 11.3 Å². The van der Waals surface area contributed by atoms with Crippen molar-refractivity contribution in [3.8, 4) is 5.88 Å². The van der Waals surface area contributed by atoms with Gasteiger partial charge in [0.2, 0.25) is 5.88 Å². The average Bonchev–Trinajstić information content (AvgIpc) is 2.50. The van der Waals surface area contributed by atoms with E-state index in [9.17, 15) is 4.39 Å². The Bertz CT molecular complexity index is 313. The number of alkyl halides is 1. The van der Waals surface area contributed by atoms with Crippen LogP contribution in [0.1, 0.15) is 12.8 Å². The Hall–Kier alpha value is -1.06. The zero-order valence-electron chi connectivity index (χ0n) is 7.16. The van der Waals surface area contributed by atoms with Crippen LogP contribution in [0.25, 0.3) is 0 Å². The van der Waals surface area contributed by atoms with E-state index in [-0.39, 0.29) is 11.3 Å². The van der Waals surface area contributed by atoms with Crippen molar-refractivity contribution in [1.29, 1.82) is 0 Å². The summed E-state index contributed by atoms with van der Waals surface area (Å²) in [5.41, 5.74) is 0.179. The number of ether oxygens (including phenoxy) is 1. The van der Waals surface area contributed by atoms with Gasteiger partial charge in [0.25, 0.3) is 0 Å². The van der Waals surface area contributed by atoms with E-state index in [1.165, 1.54) is 0 Å². The lowest BCUT2D eigenvalue weighted by atomic mass is 9.84. The van der Waals surface area contributed by atoms with Gasteiger partial charge in [0, 0.05) is 17.7 Å². The summed E-state index contributed by atoms with van der Waals surface area (Å²) in [7, 11) is 0. The molecule has 0 aromatic carbocycles. The minimum atomic E-state index is -0.567. The molecule has 13 heavy (non-hydrogen) atoms. The van der Waals surface area contributed by atoms with Crippen molar-refractivity contribution in [3.63, 3.8) is 0 Å². The van der Waals surface area contributed by atoms with Crippen LogP contribution in [0.2, 0.25) is 0 Å². The van der Waals surface area contributed by atoms with E-state index in [1.54, 1.807) is 12.3 Å². The predicted octanol–water partition coefficient (Wildman–Crippen LogP) is 1.54. The Morgan fingerprint density at radius 1 is 1.69 bits per heavy atom. The highest BCUT2D eigenvalue weighted by Gasteiger charge is 2.68. The Labute approximate surface area is 75.3 Å². The number of hydrogen-bond acceptors (Lipinski definition) is 2. The fourth-order valence-corrected chi connectivity index (χ4v) is 2.27. The number of aromatic amines is 1. The van der Waals surface area contributed by atoms with Crippen molar-refractivity contribution in [3.05, 3.63) is 12.3 Å². The molecule has 2 fully saturated rings. The molecule has 2 saturated carbocycles. The molecule has 4 heteroatoms. The number of halogens is 1. The lowest BCUT2D eigenvalue weighted by molar-refractivity contribution is 0.0730. The van der Waals surface area contributed by atoms with Crippen LogP contribution in [-0.4, -0.2) is 23.0 Å². The van der Waals surface area contributed by atoms with Gasteiger partial charge in [0.05, 0.1) is 6.61 Å². The number of nitrogens with one attached hydrogen (secondary N) is 1. The van der Waals surface area contributed by atoms with Gasteiger partial charge in [0.15, 0.2) is 0 Å². The van der Waals surface area contributed by atoms with Crippen LogP contribution in [0.3, 0.4) is 0 Å². The fraction of sp³-hybridized carbons (Fsp3) is 0.667. The molecule has 0 amide bonds. The molecule has 3 atom stereocenters. The van der Waals surface area contributed by atoms with Crippen LogP contribution < -0.4 is 4.74 Å². The van der Waals surface area contributed by atoms with Crippen LogP contribution in [0.5, 0.6) is 5.88 Å². The Morgan fingerprint density at radius 2 is 2.62 bits per heavy atom. The minimum Gasteiger partial charge on any atom is -0.476 e. The first-order valence-electron chi connectivity index (χ1n) is 4.57. The van der Waals surface area contributed by atoms with Crippen LogP contribution in [0.15, 0.2) is 12.3 Å². The van der Waals surface area contributed by atoms with Crippen molar-refractivity contribution >= 4 is 0 Å². The maximum absolute atomic E-state index is 12.8. The Morgan fingerprint density at radius 3 is 3.15 bits per heavy atom. The van der Waals surface area contributed by atoms with Crippen molar-refractivity contribution in [2.45, 2.75) is 19.0 Å². The Balaban J connectivity index is 1.56. The molecule has 1 heterocycles. The van der Waals surface area contributed by atoms with E-state index in [2.05, 4.69) is 10.2 Å². The van der Waals surface area contributed by atoms with Gasteiger partial charge in [-0.15, -0.1) is 5.10 Å². The second-order valence-electron chi connectivity index (χ2n) is 4.09. The summed E-state index contributed by atoms with van der Waals surface area (Å²) >= 11 is 0. The molecule has 3 rings (SSSR count). The quantitative estimate of drug-likeness (QED) is 0.769. The first kappa shape index (κ1) is 7.35. The summed E-state index contributed by atoms with van der Waals surface area (Å²) in [6, 6.07) is 1.78. The largest absolute Gasteiger partial charge is 0.476 e. The van der Waals surface area contributed by atoms with Gasteiger partial charge in [-0.2, -0.15) is 0 Å². The fourth-order valence-electron chi connectivity index (χ4n) is 2.27. The van der Waals surface area contributed by atoms with E-state index in [0.717, 1.165) is 6.42 Å². The van der Waals surface area contributed by atoms with Crippen LogP contribution >= 0.6 is 0 Å². The molecule has 0 aliphatic heterocycles. The van der Waals surface area contributed by atoms with Gasteiger partial charge < -0.3 is 4.74 Å². The van der Waals surface area contributed by atoms with Gasteiger partial charge in [-0.25, -0.2) is 4.39 Å². The summed E-state index contributed by atoms with van der Waals surface area (Å²) in [6.07, 6.45) is 2.83. The lowest BCUT2D eigenvalue weighted by Crippen LogP contribution is -2.32. The van der Waals surface area contributed by atoms with E-state index in [0.29, 0.717) is 18.9 Å². The number of hydrogen-bond donors (Lipinski definition) is 1. The summed E-state index contributed by atoms with van der Waals surface area (Å²) in [5.74, 6) is 0.897. The number of fused-ring (bicyclic) bond motifs is 1. The standard InChI is InChI=1S/C9H11FN2O/c10-7-4-9(3-6(7)9)5-13-8-1-2-11-12-8/h1-2,6-7H,3-5H2,(H,11,12)/t6-,7-,9?/m1/s1. The molecule has 1 unspecified atom stereocenters. The lowest BCUT2D eigenvalue weighted by Gasteiger charge is -2.28. The van der Waals surface area contributed by atoms with Crippen molar-refractivity contribution in [1.82, 2.24) is 10.2 Å². The normalized spacial score (nSPS) is 40.7. The monoisotopic (exact) mass is 182 g/mol. The number of rotatable bonds is 3. The van der Waals surface area contributed by atoms with Crippen molar-refractivity contribution in [2.24, 2.45) is 11.3 Å². The maximum Gasteiger partial charge on any atom is 0.232 e. The molecule has 0 spiro atoms. The van der Waals surface area contributed by atoms with Gasteiger partial charge in [-0.1, -0.05) is 0 Å². The summed E-state index contributed by atoms with van der Waals surface area (Å²) in [4.78, 5) is 0. The van der Waals surface area contributed by atoms with Crippen molar-refractivity contribution < 1.29 is 9.13 Å². The molecule has 0 saturated heterocycles. The highest BCUT2D eigenvalue weighted by molar-refractivity contribution is 5.17. The zero-order chi connectivity index (χ0) is 8.89. The summed E-state index contributed by atoms with van der Waals surface area (Å²) in [5, 5.41) is 6.55. The summed E-state index contributed by atoms with van der Waals surface area (Å²) in [6.45, 7) is 0.628. The smallest absolute Gasteiger partial charge is 0.232 e. The molecule has 70 valence electrons. The molecule has 1 N–H and O–H groups in total. The maximum atomic E-state index is 12.8. The van der Waals surface area contributed by atoms with E-state index < -0.39 is 6.17 Å². The average molecular weight is 182 g/mol. The number of aromatic nitrogens is 2. The molecular weight excluding hydrogens is 171 g/mol. The number of H-pyrrole nitrogens is 1. The molecular formula is C9H11FN2O. The van der Waals surface area contributed by atoms with Gasteiger partial charge in [-0.3, -0.25) is 5.10 Å².